The zero-order valence-corrected chi connectivity index (χ0v) is 10.8. The van der Waals surface area contributed by atoms with Crippen LogP contribution in [0.5, 0.6) is 5.75 Å². The molecule has 0 heterocycles. The summed E-state index contributed by atoms with van der Waals surface area (Å²) in [5, 5.41) is 0. The van der Waals surface area contributed by atoms with Crippen LogP contribution in [0.4, 0.5) is 26.3 Å². The van der Waals surface area contributed by atoms with Gasteiger partial charge >= 0.3 is 12.4 Å². The average Bonchev–Trinajstić information content (AvgIpc) is 2.28. The number of hydrogen-bond donors (Lipinski definition) is 0. The fourth-order valence-electron chi connectivity index (χ4n) is 0.756. The molecular weight excluding hydrogens is 286 g/mol. The maximum absolute atomic E-state index is 11.6. The first-order valence-corrected chi connectivity index (χ1v) is 5.39. The van der Waals surface area contributed by atoms with Crippen LogP contribution in [0, 0.1) is 5.41 Å². The number of ether oxygens (including phenoxy) is 1. The van der Waals surface area contributed by atoms with Gasteiger partial charge in [-0.2, -0.15) is 26.3 Å². The highest BCUT2D eigenvalue weighted by Crippen LogP contribution is 2.49. The Morgan fingerprint density at radius 1 is 0.900 bits per heavy atom. The lowest BCUT2D eigenvalue weighted by atomic mass is 9.92. The summed E-state index contributed by atoms with van der Waals surface area (Å²) in [5.74, 6) is 0.826. The third-order valence-corrected chi connectivity index (χ3v) is 2.38. The molecule has 1 aromatic rings. The molecule has 1 aromatic carbocycles. The van der Waals surface area contributed by atoms with Crippen molar-refractivity contribution in [2.75, 3.05) is 0 Å². The first-order chi connectivity index (χ1) is 8.93. The normalized spacial score (nSPS) is 12.2. The molecule has 0 bridgehead atoms. The molecule has 1 rings (SSSR count). The van der Waals surface area contributed by atoms with Gasteiger partial charge in [0.2, 0.25) is 0 Å². The van der Waals surface area contributed by atoms with Gasteiger partial charge in [-0.1, -0.05) is 24.8 Å². The van der Waals surface area contributed by atoms with Gasteiger partial charge in [-0.25, -0.2) is 0 Å². The van der Waals surface area contributed by atoms with E-state index >= 15 is 0 Å². The Kier molecular flexibility index (Phi) is 6.12. The fourth-order valence-corrected chi connectivity index (χ4v) is 0.756. The van der Waals surface area contributed by atoms with E-state index < -0.39 is 17.8 Å². The predicted molar refractivity (Wildman–Crippen MR) is 63.2 cm³/mol. The molecule has 0 saturated carbocycles. The fraction of sp³-hybridized carbons (Fsp3) is 0.385. The van der Waals surface area contributed by atoms with Crippen LogP contribution in [0.2, 0.25) is 0 Å². The SMILES string of the molecule is C=COc1ccccc1.CC(C)(C(F)(F)F)C(F)(F)F. The highest BCUT2D eigenvalue weighted by molar-refractivity contribution is 5.21. The number of halogens is 6. The minimum atomic E-state index is -5.24. The van der Waals surface area contributed by atoms with Gasteiger partial charge in [0.05, 0.1) is 6.26 Å². The van der Waals surface area contributed by atoms with Crippen LogP contribution in [-0.2, 0) is 0 Å². The number of para-hydroxylation sites is 1. The highest BCUT2D eigenvalue weighted by Gasteiger charge is 2.64. The Bertz CT molecular complexity index is 389. The molecule has 0 fully saturated rings. The van der Waals surface area contributed by atoms with Crippen LogP contribution >= 0.6 is 0 Å². The maximum Gasteiger partial charge on any atom is 0.402 e. The molecule has 0 radical (unpaired) electrons. The highest BCUT2D eigenvalue weighted by atomic mass is 19.4. The summed E-state index contributed by atoms with van der Waals surface area (Å²) in [6.45, 7) is 3.64. The van der Waals surface area contributed by atoms with E-state index in [4.69, 9.17) is 4.74 Å². The molecule has 0 amide bonds. The van der Waals surface area contributed by atoms with E-state index in [-0.39, 0.29) is 13.8 Å². The zero-order chi connectivity index (χ0) is 16.0. The van der Waals surface area contributed by atoms with Crippen LogP contribution in [0.25, 0.3) is 0 Å². The van der Waals surface area contributed by atoms with Crippen LogP contribution < -0.4 is 4.74 Å². The molecule has 0 aliphatic rings. The van der Waals surface area contributed by atoms with Crippen molar-refractivity contribution < 1.29 is 31.1 Å². The molecule has 0 saturated heterocycles. The lowest BCUT2D eigenvalue weighted by Gasteiger charge is -2.29. The number of rotatable bonds is 2. The quantitative estimate of drug-likeness (QED) is 0.528. The Morgan fingerprint density at radius 3 is 1.55 bits per heavy atom. The number of benzene rings is 1. The van der Waals surface area contributed by atoms with E-state index in [1.807, 2.05) is 30.3 Å². The Morgan fingerprint density at radius 2 is 1.30 bits per heavy atom. The minimum Gasteiger partial charge on any atom is -0.466 e. The van der Waals surface area contributed by atoms with Gasteiger partial charge in [0, 0.05) is 0 Å². The van der Waals surface area contributed by atoms with Gasteiger partial charge in [-0.3, -0.25) is 0 Å². The number of alkyl halides is 6. The lowest BCUT2D eigenvalue weighted by Crippen LogP contribution is -2.44. The Hall–Kier alpha value is -1.66. The molecule has 7 heteroatoms. The van der Waals surface area contributed by atoms with Crippen LogP contribution in [0.15, 0.2) is 43.2 Å². The molecule has 114 valence electrons. The van der Waals surface area contributed by atoms with Crippen molar-refractivity contribution in [2.24, 2.45) is 5.41 Å². The first-order valence-electron chi connectivity index (χ1n) is 5.39. The van der Waals surface area contributed by atoms with Crippen molar-refractivity contribution in [3.05, 3.63) is 43.2 Å². The van der Waals surface area contributed by atoms with Crippen molar-refractivity contribution in [1.82, 2.24) is 0 Å². The van der Waals surface area contributed by atoms with Crippen LogP contribution in [-0.4, -0.2) is 12.4 Å². The van der Waals surface area contributed by atoms with Gasteiger partial charge < -0.3 is 4.74 Å². The third kappa shape index (κ3) is 5.14. The molecule has 20 heavy (non-hydrogen) atoms. The van der Waals surface area contributed by atoms with E-state index in [9.17, 15) is 26.3 Å². The van der Waals surface area contributed by atoms with Crippen LogP contribution in [0.1, 0.15) is 13.8 Å². The van der Waals surface area contributed by atoms with E-state index in [1.54, 1.807) is 0 Å². The van der Waals surface area contributed by atoms with Gasteiger partial charge in [-0.15, -0.1) is 0 Å². The minimum absolute atomic E-state index is 0.104. The molecule has 0 unspecified atom stereocenters. The van der Waals surface area contributed by atoms with E-state index in [0.29, 0.717) is 0 Å². The van der Waals surface area contributed by atoms with Crippen LogP contribution in [0.3, 0.4) is 0 Å². The second-order valence-electron chi connectivity index (χ2n) is 4.22. The van der Waals surface area contributed by atoms with Gasteiger partial charge in [-0.05, 0) is 26.0 Å². The summed E-state index contributed by atoms with van der Waals surface area (Å²) in [5.41, 5.74) is -3.62. The molecule has 0 aliphatic heterocycles. The largest absolute Gasteiger partial charge is 0.466 e. The average molecular weight is 300 g/mol. The Balaban J connectivity index is 0.000000367. The second kappa shape index (κ2) is 6.67. The summed E-state index contributed by atoms with van der Waals surface area (Å²) in [6.07, 6.45) is -9.08. The summed E-state index contributed by atoms with van der Waals surface area (Å²) >= 11 is 0. The van der Waals surface area contributed by atoms with E-state index in [0.717, 1.165) is 5.75 Å². The van der Waals surface area contributed by atoms with Gasteiger partial charge in [0.15, 0.2) is 5.41 Å². The van der Waals surface area contributed by atoms with Crippen molar-refractivity contribution >= 4 is 0 Å². The van der Waals surface area contributed by atoms with Crippen molar-refractivity contribution in [3.8, 4) is 5.75 Å². The predicted octanol–water partition coefficient (Wildman–Crippen LogP) is 5.35. The van der Waals surface area contributed by atoms with Gasteiger partial charge in [0.1, 0.15) is 5.75 Å². The van der Waals surface area contributed by atoms with Crippen molar-refractivity contribution in [1.29, 1.82) is 0 Å². The van der Waals surface area contributed by atoms with Gasteiger partial charge in [0.25, 0.3) is 0 Å². The topological polar surface area (TPSA) is 9.23 Å². The Labute approximate surface area is 112 Å². The second-order valence-corrected chi connectivity index (χ2v) is 4.22. The summed E-state index contributed by atoms with van der Waals surface area (Å²) < 4.78 is 74.6. The molecule has 0 aliphatic carbocycles. The number of hydrogen-bond acceptors (Lipinski definition) is 1. The third-order valence-electron chi connectivity index (χ3n) is 2.38. The summed E-state index contributed by atoms with van der Waals surface area (Å²) in [4.78, 5) is 0. The molecule has 1 nitrogen and oxygen atoms in total. The first kappa shape index (κ1) is 18.3. The van der Waals surface area contributed by atoms with E-state index in [2.05, 4.69) is 6.58 Å². The van der Waals surface area contributed by atoms with Crippen molar-refractivity contribution in [3.63, 3.8) is 0 Å². The summed E-state index contributed by atoms with van der Waals surface area (Å²) in [7, 11) is 0. The lowest BCUT2D eigenvalue weighted by molar-refractivity contribution is -0.327. The molecule has 0 N–H and O–H groups in total. The van der Waals surface area contributed by atoms with E-state index in [1.165, 1.54) is 6.26 Å². The van der Waals surface area contributed by atoms with Crippen molar-refractivity contribution in [2.45, 2.75) is 26.2 Å². The monoisotopic (exact) mass is 300 g/mol. The standard InChI is InChI=1S/C8H8O.C5H6F6/c1-2-9-8-6-4-3-5-7-8;1-3(2,4(6,7)8)5(9,10)11/h2-7H,1H2;1-2H3. The smallest absolute Gasteiger partial charge is 0.402 e. The molecule has 0 atom stereocenters. The zero-order valence-electron chi connectivity index (χ0n) is 10.8. The molecular formula is C13H14F6O. The molecule has 0 aromatic heterocycles. The summed E-state index contributed by atoms with van der Waals surface area (Å²) in [6, 6.07) is 9.52. The maximum atomic E-state index is 11.6. The molecule has 0 spiro atoms.